The van der Waals surface area contributed by atoms with Crippen molar-refractivity contribution in [1.29, 1.82) is 0 Å². The van der Waals surface area contributed by atoms with Gasteiger partial charge in [0, 0.05) is 36.7 Å². The van der Waals surface area contributed by atoms with E-state index in [0.717, 1.165) is 22.4 Å². The van der Waals surface area contributed by atoms with Crippen LogP contribution in [0.3, 0.4) is 0 Å². The number of hydrogen-bond donors (Lipinski definition) is 2. The predicted molar refractivity (Wildman–Crippen MR) is 94.4 cm³/mol. The molecular weight excluding hydrogens is 344 g/mol. The molecule has 0 bridgehead atoms. The number of rotatable bonds is 5. The zero-order valence-electron chi connectivity index (χ0n) is 14.9. The molecule has 1 atom stereocenters. The van der Waals surface area contributed by atoms with Gasteiger partial charge in [0.1, 0.15) is 5.75 Å². The SMILES string of the molecule is Cc1cc2c(cc1C(CNS(=O)(=O)O)N1CCOCC1)C(C)(C)CO2. The summed E-state index contributed by atoms with van der Waals surface area (Å²) in [7, 11) is -4.25. The van der Waals surface area contributed by atoms with Crippen LogP contribution in [-0.4, -0.2) is 57.3 Å². The summed E-state index contributed by atoms with van der Waals surface area (Å²) in [6, 6.07) is 3.98. The molecule has 0 aliphatic carbocycles. The third-order valence-corrected chi connectivity index (χ3v) is 5.52. The molecule has 1 fully saturated rings. The van der Waals surface area contributed by atoms with Crippen molar-refractivity contribution in [3.05, 3.63) is 28.8 Å². The first-order valence-corrected chi connectivity index (χ1v) is 9.93. The molecule has 0 radical (unpaired) electrons. The Morgan fingerprint density at radius 2 is 2.00 bits per heavy atom. The maximum absolute atomic E-state index is 11.2. The molecule has 8 heteroatoms. The molecule has 1 aromatic rings. The third-order valence-electron chi connectivity index (χ3n) is 4.99. The summed E-state index contributed by atoms with van der Waals surface area (Å²) in [6.45, 7) is 9.68. The molecule has 0 aromatic heterocycles. The highest BCUT2D eigenvalue weighted by Crippen LogP contribution is 2.41. The van der Waals surface area contributed by atoms with Gasteiger partial charge in [0.15, 0.2) is 0 Å². The first kappa shape index (κ1) is 18.6. The largest absolute Gasteiger partial charge is 0.492 e. The van der Waals surface area contributed by atoms with E-state index in [4.69, 9.17) is 14.0 Å². The van der Waals surface area contributed by atoms with E-state index in [1.165, 1.54) is 0 Å². The first-order chi connectivity index (χ1) is 11.7. The number of nitrogens with one attached hydrogen (secondary N) is 1. The number of fused-ring (bicyclic) bond motifs is 1. The monoisotopic (exact) mass is 370 g/mol. The number of hydrogen-bond acceptors (Lipinski definition) is 5. The summed E-state index contributed by atoms with van der Waals surface area (Å²) < 4.78 is 45.0. The van der Waals surface area contributed by atoms with Gasteiger partial charge in [-0.3, -0.25) is 9.45 Å². The summed E-state index contributed by atoms with van der Waals surface area (Å²) in [4.78, 5) is 2.19. The lowest BCUT2D eigenvalue weighted by molar-refractivity contribution is 0.0169. The minimum absolute atomic E-state index is 0.0795. The van der Waals surface area contributed by atoms with E-state index in [1.54, 1.807) is 0 Å². The highest BCUT2D eigenvalue weighted by molar-refractivity contribution is 7.83. The Labute approximate surface area is 149 Å². The van der Waals surface area contributed by atoms with E-state index in [1.807, 2.05) is 13.0 Å². The van der Waals surface area contributed by atoms with Gasteiger partial charge in [0.25, 0.3) is 0 Å². The molecule has 2 heterocycles. The Morgan fingerprint density at radius 3 is 2.64 bits per heavy atom. The summed E-state index contributed by atoms with van der Waals surface area (Å²) in [6.07, 6.45) is 0. The molecule has 2 aliphatic heterocycles. The highest BCUT2D eigenvalue weighted by atomic mass is 32.2. The molecule has 3 rings (SSSR count). The van der Waals surface area contributed by atoms with Gasteiger partial charge in [0.05, 0.1) is 19.8 Å². The Balaban J connectivity index is 1.97. The van der Waals surface area contributed by atoms with E-state index in [2.05, 4.69) is 29.5 Å². The van der Waals surface area contributed by atoms with Crippen LogP contribution >= 0.6 is 0 Å². The van der Waals surface area contributed by atoms with E-state index in [-0.39, 0.29) is 18.0 Å². The number of benzene rings is 1. The summed E-state index contributed by atoms with van der Waals surface area (Å²) in [5, 5.41) is 0. The lowest BCUT2D eigenvalue weighted by atomic mass is 9.84. The van der Waals surface area contributed by atoms with Crippen molar-refractivity contribution >= 4 is 10.3 Å². The van der Waals surface area contributed by atoms with Crippen LogP contribution in [-0.2, 0) is 20.5 Å². The minimum atomic E-state index is -4.25. The molecule has 0 saturated carbocycles. The van der Waals surface area contributed by atoms with Crippen LogP contribution in [0, 0.1) is 6.92 Å². The van der Waals surface area contributed by atoms with Gasteiger partial charge in [-0.1, -0.05) is 13.8 Å². The van der Waals surface area contributed by atoms with E-state index >= 15 is 0 Å². The third kappa shape index (κ3) is 4.15. The molecule has 1 unspecified atom stereocenters. The van der Waals surface area contributed by atoms with Crippen LogP contribution in [0.1, 0.15) is 36.6 Å². The molecule has 2 aliphatic rings. The van der Waals surface area contributed by atoms with Crippen molar-refractivity contribution in [2.75, 3.05) is 39.5 Å². The first-order valence-electron chi connectivity index (χ1n) is 8.49. The van der Waals surface area contributed by atoms with Crippen molar-refractivity contribution in [2.24, 2.45) is 0 Å². The number of nitrogens with zero attached hydrogens (tertiary/aromatic N) is 1. The Hall–Kier alpha value is -1.19. The molecular formula is C17H26N2O5S. The van der Waals surface area contributed by atoms with Crippen LogP contribution < -0.4 is 9.46 Å². The molecule has 7 nitrogen and oxygen atoms in total. The lowest BCUT2D eigenvalue weighted by Crippen LogP contribution is -2.44. The Bertz CT molecular complexity index is 742. The molecule has 2 N–H and O–H groups in total. The quantitative estimate of drug-likeness (QED) is 0.763. The molecule has 25 heavy (non-hydrogen) atoms. The van der Waals surface area contributed by atoms with Gasteiger partial charge >= 0.3 is 10.3 Å². The van der Waals surface area contributed by atoms with Gasteiger partial charge in [-0.05, 0) is 30.2 Å². The fourth-order valence-electron chi connectivity index (χ4n) is 3.55. The van der Waals surface area contributed by atoms with Crippen LogP contribution in [0.4, 0.5) is 0 Å². The van der Waals surface area contributed by atoms with Crippen LogP contribution in [0.5, 0.6) is 5.75 Å². The van der Waals surface area contributed by atoms with Crippen molar-refractivity contribution in [1.82, 2.24) is 9.62 Å². The Kier molecular flexibility index (Phi) is 5.09. The summed E-state index contributed by atoms with van der Waals surface area (Å²) >= 11 is 0. The topological polar surface area (TPSA) is 88.1 Å². The minimum Gasteiger partial charge on any atom is -0.492 e. The van der Waals surface area contributed by atoms with E-state index in [0.29, 0.717) is 32.9 Å². The molecule has 0 spiro atoms. The maximum atomic E-state index is 11.2. The normalized spacial score (nSPS) is 21.6. The van der Waals surface area contributed by atoms with Gasteiger partial charge < -0.3 is 9.47 Å². The van der Waals surface area contributed by atoms with E-state index < -0.39 is 10.3 Å². The number of aryl methyl sites for hydroxylation is 1. The predicted octanol–water partition coefficient (Wildman–Crippen LogP) is 1.43. The van der Waals surface area contributed by atoms with Gasteiger partial charge in [0.2, 0.25) is 0 Å². The lowest BCUT2D eigenvalue weighted by Gasteiger charge is -2.35. The number of ether oxygens (including phenoxy) is 2. The van der Waals surface area contributed by atoms with Gasteiger partial charge in [-0.2, -0.15) is 13.1 Å². The molecule has 1 saturated heterocycles. The maximum Gasteiger partial charge on any atom is 0.333 e. The van der Waals surface area contributed by atoms with Crippen LogP contribution in [0.2, 0.25) is 0 Å². The Morgan fingerprint density at radius 1 is 1.32 bits per heavy atom. The summed E-state index contributed by atoms with van der Waals surface area (Å²) in [5.74, 6) is 0.898. The molecule has 0 amide bonds. The second-order valence-electron chi connectivity index (χ2n) is 7.37. The number of morpholine rings is 1. The van der Waals surface area contributed by atoms with E-state index in [9.17, 15) is 8.42 Å². The van der Waals surface area contributed by atoms with Crippen molar-refractivity contribution in [3.8, 4) is 5.75 Å². The van der Waals surface area contributed by atoms with Crippen LogP contribution in [0.25, 0.3) is 0 Å². The van der Waals surface area contributed by atoms with Crippen LogP contribution in [0.15, 0.2) is 12.1 Å². The molecule has 140 valence electrons. The standard InChI is InChI=1S/C17H26N2O5S/c1-12-8-16-14(17(2,3)11-24-16)9-13(12)15(10-18-25(20,21)22)19-4-6-23-7-5-19/h8-9,15,18H,4-7,10-11H2,1-3H3,(H,20,21,22). The van der Waals surface area contributed by atoms with Crippen molar-refractivity contribution in [3.63, 3.8) is 0 Å². The highest BCUT2D eigenvalue weighted by Gasteiger charge is 2.34. The summed E-state index contributed by atoms with van der Waals surface area (Å²) in [5.41, 5.74) is 3.16. The second kappa shape index (κ2) is 6.85. The zero-order valence-corrected chi connectivity index (χ0v) is 15.7. The van der Waals surface area contributed by atoms with Gasteiger partial charge in [-0.25, -0.2) is 0 Å². The molecule has 1 aromatic carbocycles. The van der Waals surface area contributed by atoms with Crippen molar-refractivity contribution in [2.45, 2.75) is 32.2 Å². The van der Waals surface area contributed by atoms with Gasteiger partial charge in [-0.15, -0.1) is 0 Å². The second-order valence-corrected chi connectivity index (χ2v) is 8.60. The van der Waals surface area contributed by atoms with Crippen molar-refractivity contribution < 1.29 is 22.4 Å². The fourth-order valence-corrected chi connectivity index (χ4v) is 3.92. The average Bonchev–Trinajstić information content (AvgIpc) is 2.82. The smallest absolute Gasteiger partial charge is 0.333 e. The fraction of sp³-hybridized carbons (Fsp3) is 0.647. The average molecular weight is 370 g/mol. The zero-order chi connectivity index (χ0) is 18.2.